The molecule has 0 aromatic rings. The molecule has 260 valence electrons. The lowest BCUT2D eigenvalue weighted by molar-refractivity contribution is -0.156. The molecule has 2 N–H and O–H groups in total. The molecule has 2 saturated carbocycles. The Hall–Kier alpha value is -2.48. The van der Waals surface area contributed by atoms with Gasteiger partial charge in [-0.15, -0.1) is 0 Å². The fourth-order valence-electron chi connectivity index (χ4n) is 8.13. The van der Waals surface area contributed by atoms with Gasteiger partial charge < -0.3 is 24.4 Å². The van der Waals surface area contributed by atoms with Gasteiger partial charge in [0.05, 0.1) is 24.4 Å². The first-order valence-electron chi connectivity index (χ1n) is 18.6. The number of cyclic esters (lactones) is 2. The number of allylic oxidation sites excluding steroid dienone is 7. The Kier molecular flexibility index (Phi) is 13.6. The molecule has 0 radical (unpaired) electrons. The highest BCUT2D eigenvalue weighted by molar-refractivity contribution is 5.70. The third-order valence-corrected chi connectivity index (χ3v) is 10.8. The minimum absolute atomic E-state index is 0.000904. The van der Waals surface area contributed by atoms with Gasteiger partial charge in [-0.2, -0.15) is 0 Å². The van der Waals surface area contributed by atoms with E-state index in [4.69, 9.17) is 14.2 Å². The van der Waals surface area contributed by atoms with Crippen LogP contribution in [0.1, 0.15) is 104 Å². The number of aliphatic hydroxyl groups excluding tert-OH is 2. The summed E-state index contributed by atoms with van der Waals surface area (Å²) in [5.74, 6) is 0.282. The van der Waals surface area contributed by atoms with E-state index >= 15 is 0 Å². The van der Waals surface area contributed by atoms with E-state index in [0.29, 0.717) is 37.5 Å². The van der Waals surface area contributed by atoms with E-state index in [-0.39, 0.29) is 53.9 Å². The van der Waals surface area contributed by atoms with E-state index in [1.54, 1.807) is 0 Å². The van der Waals surface area contributed by atoms with Crippen molar-refractivity contribution < 1.29 is 34.0 Å². The molecule has 3 heterocycles. The second kappa shape index (κ2) is 17.8. The predicted molar refractivity (Wildman–Crippen MR) is 183 cm³/mol. The van der Waals surface area contributed by atoms with Crippen molar-refractivity contribution in [2.24, 2.45) is 35.5 Å². The monoisotopic (exact) mass is 650 g/mol. The van der Waals surface area contributed by atoms with Crippen molar-refractivity contribution in [2.45, 2.75) is 140 Å². The van der Waals surface area contributed by atoms with Gasteiger partial charge in [-0.3, -0.25) is 9.59 Å². The van der Waals surface area contributed by atoms with Crippen LogP contribution in [0.15, 0.2) is 60.8 Å². The summed E-state index contributed by atoms with van der Waals surface area (Å²) >= 11 is 0. The topological polar surface area (TPSA) is 102 Å². The molecule has 7 heteroatoms. The molecule has 12 atom stereocenters. The smallest absolute Gasteiger partial charge is 0.306 e. The number of hydrogen-bond acceptors (Lipinski definition) is 7. The van der Waals surface area contributed by atoms with Gasteiger partial charge in [0.1, 0.15) is 12.2 Å². The van der Waals surface area contributed by atoms with Gasteiger partial charge in [0, 0.05) is 36.5 Å². The first kappa shape index (κ1) is 35.8. The van der Waals surface area contributed by atoms with Crippen LogP contribution in [0.3, 0.4) is 0 Å². The van der Waals surface area contributed by atoms with E-state index < -0.39 is 18.3 Å². The summed E-state index contributed by atoms with van der Waals surface area (Å²) < 4.78 is 18.2. The molecule has 7 nitrogen and oxygen atoms in total. The number of ether oxygens (including phenoxy) is 3. The van der Waals surface area contributed by atoms with Crippen molar-refractivity contribution in [3.05, 3.63) is 60.8 Å². The Bertz CT molecular complexity index is 1170. The maximum absolute atomic E-state index is 12.1. The van der Waals surface area contributed by atoms with Crippen LogP contribution in [-0.4, -0.2) is 58.8 Å². The third-order valence-electron chi connectivity index (χ3n) is 10.8. The largest absolute Gasteiger partial charge is 0.462 e. The number of carbonyl (C=O) groups excluding carboxylic acids is 2. The lowest BCUT2D eigenvalue weighted by Gasteiger charge is -2.31. The van der Waals surface area contributed by atoms with Crippen LogP contribution in [0.4, 0.5) is 0 Å². The fraction of sp³-hybridized carbons (Fsp3) is 0.700. The van der Waals surface area contributed by atoms with Gasteiger partial charge in [-0.05, 0) is 88.9 Å². The minimum Gasteiger partial charge on any atom is -0.462 e. The number of carbonyl (C=O) groups is 2. The molecule has 0 bridgehead atoms. The van der Waals surface area contributed by atoms with Crippen LogP contribution in [0.25, 0.3) is 0 Å². The van der Waals surface area contributed by atoms with Crippen molar-refractivity contribution in [3.8, 4) is 0 Å². The zero-order valence-electron chi connectivity index (χ0n) is 28.5. The fourth-order valence-corrected chi connectivity index (χ4v) is 8.13. The lowest BCUT2D eigenvalue weighted by Crippen LogP contribution is -2.41. The summed E-state index contributed by atoms with van der Waals surface area (Å²) in [6, 6.07) is 0. The van der Waals surface area contributed by atoms with Crippen molar-refractivity contribution >= 4 is 11.9 Å². The van der Waals surface area contributed by atoms with Crippen LogP contribution in [0.5, 0.6) is 0 Å². The van der Waals surface area contributed by atoms with E-state index in [1.165, 1.54) is 0 Å². The van der Waals surface area contributed by atoms with Crippen molar-refractivity contribution in [1.82, 2.24) is 0 Å². The summed E-state index contributed by atoms with van der Waals surface area (Å²) in [5.41, 5.74) is 0. The summed E-state index contributed by atoms with van der Waals surface area (Å²) in [6.45, 7) is 4.24. The quantitative estimate of drug-likeness (QED) is 0.126. The van der Waals surface area contributed by atoms with E-state index in [1.807, 2.05) is 6.08 Å². The highest BCUT2D eigenvalue weighted by Crippen LogP contribution is 2.53. The first-order valence-corrected chi connectivity index (χ1v) is 18.6. The zero-order chi connectivity index (χ0) is 33.2. The van der Waals surface area contributed by atoms with Gasteiger partial charge in [0.15, 0.2) is 0 Å². The van der Waals surface area contributed by atoms with Gasteiger partial charge in [0.2, 0.25) is 0 Å². The van der Waals surface area contributed by atoms with E-state index in [2.05, 4.69) is 68.5 Å². The van der Waals surface area contributed by atoms with E-state index in [9.17, 15) is 19.8 Å². The minimum atomic E-state index is -0.751. The summed E-state index contributed by atoms with van der Waals surface area (Å²) in [6.07, 6.45) is 30.5. The highest BCUT2D eigenvalue weighted by atomic mass is 16.6. The Morgan fingerprint density at radius 2 is 1.38 bits per heavy atom. The SMILES string of the molecule is CCC=CCC=CCC(O)C1OC(CC=CCC=CCC)C(C=CC2CC2C2CCCC(=O)O2)C1C(O)C1CC1C1CCCC(=O)O1. The highest BCUT2D eigenvalue weighted by Gasteiger charge is 2.57. The lowest BCUT2D eigenvalue weighted by atomic mass is 9.77. The predicted octanol–water partition coefficient (Wildman–Crippen LogP) is 7.33. The van der Waals surface area contributed by atoms with Crippen LogP contribution in [-0.2, 0) is 23.8 Å². The second-order valence-corrected chi connectivity index (χ2v) is 14.3. The van der Waals surface area contributed by atoms with Crippen molar-refractivity contribution in [1.29, 1.82) is 0 Å². The molecule has 3 saturated heterocycles. The zero-order valence-corrected chi connectivity index (χ0v) is 28.5. The molecule has 0 aromatic heterocycles. The molecule has 0 aromatic carbocycles. The van der Waals surface area contributed by atoms with Crippen molar-refractivity contribution in [2.75, 3.05) is 0 Å². The Morgan fingerprint density at radius 3 is 2.02 bits per heavy atom. The molecule has 5 aliphatic rings. The first-order chi connectivity index (χ1) is 22.9. The molecule has 0 amide bonds. The van der Waals surface area contributed by atoms with Gasteiger partial charge in [-0.25, -0.2) is 0 Å². The maximum atomic E-state index is 12.1. The Balaban J connectivity index is 1.34. The van der Waals surface area contributed by atoms with Crippen LogP contribution in [0.2, 0.25) is 0 Å². The summed E-state index contributed by atoms with van der Waals surface area (Å²) in [4.78, 5) is 24.0. The second-order valence-electron chi connectivity index (χ2n) is 14.3. The standard InChI is InChI=1S/C40H58O7/c1-3-5-7-9-11-13-17-32(41)40-38(39(44)31-26-30(31)35-20-16-22-37(43)46-35)28(33(47-40)18-14-12-10-8-6-4-2)24-23-27-25-29(27)34-19-15-21-36(42)45-34/h5-8,11-14,23-24,27-35,38-41,44H,3-4,9-10,15-22,25-26H2,1-2H3. The number of hydrogen-bond donors (Lipinski definition) is 2. The summed E-state index contributed by atoms with van der Waals surface area (Å²) in [7, 11) is 0. The maximum Gasteiger partial charge on any atom is 0.306 e. The van der Waals surface area contributed by atoms with Crippen LogP contribution < -0.4 is 0 Å². The molecule has 3 aliphatic heterocycles. The van der Waals surface area contributed by atoms with Gasteiger partial charge in [0.25, 0.3) is 0 Å². The van der Waals surface area contributed by atoms with Gasteiger partial charge in [-0.1, -0.05) is 74.6 Å². The molecule has 5 fully saturated rings. The molecular formula is C40H58O7. The molecule has 0 spiro atoms. The normalized spacial score (nSPS) is 37.4. The number of aliphatic hydroxyl groups is 2. The summed E-state index contributed by atoms with van der Waals surface area (Å²) in [5, 5.41) is 23.7. The Labute approximate surface area is 282 Å². The third kappa shape index (κ3) is 10.0. The van der Waals surface area contributed by atoms with Gasteiger partial charge >= 0.3 is 11.9 Å². The van der Waals surface area contributed by atoms with E-state index in [0.717, 1.165) is 64.2 Å². The number of rotatable bonds is 17. The van der Waals surface area contributed by atoms with Crippen LogP contribution in [0, 0.1) is 35.5 Å². The van der Waals surface area contributed by atoms with Crippen LogP contribution >= 0.6 is 0 Å². The average molecular weight is 651 g/mol. The Morgan fingerprint density at radius 1 is 0.766 bits per heavy atom. The molecule has 12 unspecified atom stereocenters. The average Bonchev–Trinajstić information content (AvgIpc) is 3.99. The molecule has 5 rings (SSSR count). The van der Waals surface area contributed by atoms with Crippen molar-refractivity contribution in [3.63, 3.8) is 0 Å². The molecular weight excluding hydrogens is 592 g/mol. The molecule has 2 aliphatic carbocycles. The number of esters is 2. The molecule has 47 heavy (non-hydrogen) atoms.